The van der Waals surface area contributed by atoms with Crippen LogP contribution in [0, 0.1) is 0 Å². The van der Waals surface area contributed by atoms with Crippen molar-refractivity contribution in [3.8, 4) is 11.1 Å². The Kier molecular flexibility index (Phi) is 6.83. The Labute approximate surface area is 167 Å². The van der Waals surface area contributed by atoms with Crippen molar-refractivity contribution in [1.29, 1.82) is 0 Å². The summed E-state index contributed by atoms with van der Waals surface area (Å²) >= 11 is 0. The third-order valence-electron chi connectivity index (χ3n) is 4.95. The fraction of sp³-hybridized carbons (Fsp3) is 0.381. The fourth-order valence-electron chi connectivity index (χ4n) is 3.51. The van der Waals surface area contributed by atoms with Gasteiger partial charge in [-0.3, -0.25) is 9.69 Å². The first-order chi connectivity index (χ1) is 13.4. The summed E-state index contributed by atoms with van der Waals surface area (Å²) < 4.78 is 25.3. The lowest BCUT2D eigenvalue weighted by Crippen LogP contribution is -2.49. The SMILES string of the molecule is CS(=O)(=O)NCC1CCCCN1CC(=O)Nc1ccc(-c2ccccc2)cc1. The van der Waals surface area contributed by atoms with Crippen LogP contribution in [0.25, 0.3) is 11.1 Å². The summed E-state index contributed by atoms with van der Waals surface area (Å²) in [5, 5.41) is 2.94. The van der Waals surface area contributed by atoms with Gasteiger partial charge in [-0.1, -0.05) is 48.9 Å². The van der Waals surface area contributed by atoms with Crippen LogP contribution in [-0.2, 0) is 14.8 Å². The Morgan fingerprint density at radius 2 is 1.71 bits per heavy atom. The van der Waals surface area contributed by atoms with E-state index in [4.69, 9.17) is 0 Å². The van der Waals surface area contributed by atoms with Crippen molar-refractivity contribution in [3.05, 3.63) is 54.6 Å². The molecule has 1 aliphatic heterocycles. The van der Waals surface area contributed by atoms with Crippen molar-refractivity contribution in [2.75, 3.05) is 31.2 Å². The molecule has 0 spiro atoms. The molecule has 7 heteroatoms. The maximum atomic E-state index is 12.5. The summed E-state index contributed by atoms with van der Waals surface area (Å²) in [7, 11) is -3.23. The van der Waals surface area contributed by atoms with E-state index in [2.05, 4.69) is 27.1 Å². The predicted molar refractivity (Wildman–Crippen MR) is 113 cm³/mol. The van der Waals surface area contributed by atoms with Crippen LogP contribution < -0.4 is 10.0 Å². The van der Waals surface area contributed by atoms with Crippen LogP contribution in [0.4, 0.5) is 5.69 Å². The molecule has 1 atom stereocenters. The molecule has 0 aliphatic carbocycles. The smallest absolute Gasteiger partial charge is 0.238 e. The summed E-state index contributed by atoms with van der Waals surface area (Å²) in [6, 6.07) is 17.9. The molecule has 1 heterocycles. The van der Waals surface area contributed by atoms with Crippen molar-refractivity contribution >= 4 is 21.6 Å². The molecular formula is C21H27N3O3S. The van der Waals surface area contributed by atoms with E-state index >= 15 is 0 Å². The van der Waals surface area contributed by atoms with E-state index in [-0.39, 0.29) is 18.5 Å². The summed E-state index contributed by atoms with van der Waals surface area (Å²) in [5.41, 5.74) is 2.99. The van der Waals surface area contributed by atoms with Gasteiger partial charge in [-0.25, -0.2) is 13.1 Å². The van der Waals surface area contributed by atoms with E-state index in [1.165, 1.54) is 0 Å². The highest BCUT2D eigenvalue weighted by Gasteiger charge is 2.25. The molecular weight excluding hydrogens is 374 g/mol. The van der Waals surface area contributed by atoms with E-state index in [1.807, 2.05) is 42.5 Å². The van der Waals surface area contributed by atoms with Gasteiger partial charge >= 0.3 is 0 Å². The first-order valence-corrected chi connectivity index (χ1v) is 11.4. The molecule has 2 N–H and O–H groups in total. The Hall–Kier alpha value is -2.22. The normalized spacial score (nSPS) is 18.0. The lowest BCUT2D eigenvalue weighted by molar-refractivity contribution is -0.118. The van der Waals surface area contributed by atoms with Crippen LogP contribution in [-0.4, -0.2) is 51.2 Å². The first-order valence-electron chi connectivity index (χ1n) is 9.55. The van der Waals surface area contributed by atoms with Crippen LogP contribution in [0.5, 0.6) is 0 Å². The van der Waals surface area contributed by atoms with Crippen molar-refractivity contribution in [2.45, 2.75) is 25.3 Å². The number of hydrogen-bond donors (Lipinski definition) is 2. The van der Waals surface area contributed by atoms with Gasteiger partial charge in [-0.2, -0.15) is 0 Å². The van der Waals surface area contributed by atoms with Gasteiger partial charge < -0.3 is 5.32 Å². The molecule has 3 rings (SSSR count). The molecule has 2 aromatic carbocycles. The lowest BCUT2D eigenvalue weighted by Gasteiger charge is -2.35. The van der Waals surface area contributed by atoms with Crippen molar-refractivity contribution in [1.82, 2.24) is 9.62 Å². The zero-order valence-electron chi connectivity index (χ0n) is 16.1. The molecule has 28 heavy (non-hydrogen) atoms. The van der Waals surface area contributed by atoms with Crippen LogP contribution in [0.1, 0.15) is 19.3 Å². The van der Waals surface area contributed by atoms with Gasteiger partial charge in [0.2, 0.25) is 15.9 Å². The number of hydrogen-bond acceptors (Lipinski definition) is 4. The number of amides is 1. The Bertz CT molecular complexity index is 883. The second kappa shape index (κ2) is 9.32. The number of nitrogens with one attached hydrogen (secondary N) is 2. The number of nitrogens with zero attached hydrogens (tertiary/aromatic N) is 1. The van der Waals surface area contributed by atoms with Crippen LogP contribution in [0.2, 0.25) is 0 Å². The quantitative estimate of drug-likeness (QED) is 0.748. The topological polar surface area (TPSA) is 78.5 Å². The molecule has 0 radical (unpaired) electrons. The van der Waals surface area contributed by atoms with E-state index in [1.54, 1.807) is 0 Å². The van der Waals surface area contributed by atoms with Crippen molar-refractivity contribution in [2.24, 2.45) is 0 Å². The van der Waals surface area contributed by atoms with Crippen molar-refractivity contribution < 1.29 is 13.2 Å². The molecule has 1 saturated heterocycles. The molecule has 1 aliphatic rings. The average molecular weight is 402 g/mol. The second-order valence-corrected chi connectivity index (χ2v) is 9.07. The number of benzene rings is 2. The minimum Gasteiger partial charge on any atom is -0.325 e. The lowest BCUT2D eigenvalue weighted by atomic mass is 10.0. The molecule has 0 aromatic heterocycles. The maximum absolute atomic E-state index is 12.5. The fourth-order valence-corrected chi connectivity index (χ4v) is 4.00. The number of sulfonamides is 1. The third-order valence-corrected chi connectivity index (χ3v) is 5.64. The van der Waals surface area contributed by atoms with E-state index in [0.717, 1.165) is 48.9 Å². The van der Waals surface area contributed by atoms with Gasteiger partial charge in [0.25, 0.3) is 0 Å². The highest BCUT2D eigenvalue weighted by atomic mass is 32.2. The zero-order valence-corrected chi connectivity index (χ0v) is 16.9. The number of anilines is 1. The highest BCUT2D eigenvalue weighted by Crippen LogP contribution is 2.21. The zero-order chi connectivity index (χ0) is 20.0. The van der Waals surface area contributed by atoms with E-state index < -0.39 is 10.0 Å². The summed E-state index contributed by atoms with van der Waals surface area (Å²) in [6.07, 6.45) is 4.12. The predicted octanol–water partition coefficient (Wildman–Crippen LogP) is 2.70. The molecule has 150 valence electrons. The molecule has 0 bridgehead atoms. The van der Waals surface area contributed by atoms with Gasteiger partial charge in [0.1, 0.15) is 0 Å². The number of piperidine rings is 1. The van der Waals surface area contributed by atoms with Gasteiger partial charge in [0.05, 0.1) is 12.8 Å². The van der Waals surface area contributed by atoms with Gasteiger partial charge in [-0.15, -0.1) is 0 Å². The molecule has 6 nitrogen and oxygen atoms in total. The summed E-state index contributed by atoms with van der Waals surface area (Å²) in [6.45, 7) is 1.41. The van der Waals surface area contributed by atoms with E-state index in [9.17, 15) is 13.2 Å². The first kappa shape index (κ1) is 20.5. The van der Waals surface area contributed by atoms with Crippen LogP contribution in [0.3, 0.4) is 0 Å². The average Bonchev–Trinajstić information content (AvgIpc) is 2.68. The Morgan fingerprint density at radius 1 is 1.04 bits per heavy atom. The van der Waals surface area contributed by atoms with Gasteiger partial charge in [0, 0.05) is 18.3 Å². The minimum absolute atomic E-state index is 0.0506. The molecule has 1 unspecified atom stereocenters. The van der Waals surface area contributed by atoms with Crippen LogP contribution >= 0.6 is 0 Å². The maximum Gasteiger partial charge on any atom is 0.238 e. The van der Waals surface area contributed by atoms with Gasteiger partial charge in [0.15, 0.2) is 0 Å². The largest absolute Gasteiger partial charge is 0.325 e. The standard InChI is InChI=1S/C21H27N3O3S/c1-28(26,27)22-15-20-9-5-6-14-24(20)16-21(25)23-19-12-10-18(11-13-19)17-7-3-2-4-8-17/h2-4,7-8,10-13,20,22H,5-6,9,14-16H2,1H3,(H,23,25). The van der Waals surface area contributed by atoms with E-state index in [0.29, 0.717) is 6.54 Å². The molecule has 1 fully saturated rings. The Morgan fingerprint density at radius 3 is 2.39 bits per heavy atom. The number of likely N-dealkylation sites (tertiary alicyclic amines) is 1. The van der Waals surface area contributed by atoms with Crippen LogP contribution in [0.15, 0.2) is 54.6 Å². The monoisotopic (exact) mass is 401 g/mol. The highest BCUT2D eigenvalue weighted by molar-refractivity contribution is 7.88. The number of carbonyl (C=O) groups is 1. The number of carbonyl (C=O) groups excluding carboxylic acids is 1. The summed E-state index contributed by atoms with van der Waals surface area (Å²) in [4.78, 5) is 14.6. The Balaban J connectivity index is 1.56. The third kappa shape index (κ3) is 6.15. The molecule has 1 amide bonds. The minimum atomic E-state index is -3.23. The molecule has 0 saturated carbocycles. The number of rotatable bonds is 7. The second-order valence-electron chi connectivity index (χ2n) is 7.23. The van der Waals surface area contributed by atoms with Gasteiger partial charge in [-0.05, 0) is 42.6 Å². The summed E-state index contributed by atoms with van der Waals surface area (Å²) in [5.74, 6) is -0.0845. The van der Waals surface area contributed by atoms with Crippen molar-refractivity contribution in [3.63, 3.8) is 0 Å². The molecule has 2 aromatic rings.